The molecule has 0 aliphatic carbocycles. The fourth-order valence-electron chi connectivity index (χ4n) is 3.76. The van der Waals surface area contributed by atoms with Crippen molar-refractivity contribution in [2.75, 3.05) is 13.2 Å². The smallest absolute Gasteiger partial charge is 0.261 e. The van der Waals surface area contributed by atoms with E-state index in [0.29, 0.717) is 6.54 Å². The van der Waals surface area contributed by atoms with Gasteiger partial charge in [-0.1, -0.05) is 36.4 Å². The summed E-state index contributed by atoms with van der Waals surface area (Å²) >= 11 is 0. The molecule has 154 valence electrons. The van der Waals surface area contributed by atoms with Gasteiger partial charge in [0.25, 0.3) is 5.91 Å². The maximum Gasteiger partial charge on any atom is 0.261 e. The van der Waals surface area contributed by atoms with Crippen LogP contribution in [-0.4, -0.2) is 28.9 Å². The lowest BCUT2D eigenvalue weighted by atomic mass is 10.0. The zero-order chi connectivity index (χ0) is 20.9. The number of pyridine rings is 1. The highest BCUT2D eigenvalue weighted by Crippen LogP contribution is 2.31. The lowest BCUT2D eigenvalue weighted by Crippen LogP contribution is -2.34. The minimum Gasteiger partial charge on any atom is -0.481 e. The van der Waals surface area contributed by atoms with Crippen LogP contribution in [0.2, 0.25) is 0 Å². The Labute approximate surface area is 174 Å². The van der Waals surface area contributed by atoms with E-state index in [0.717, 1.165) is 42.7 Å². The number of benzene rings is 2. The number of ether oxygens (including phenoxy) is 1. The van der Waals surface area contributed by atoms with Crippen molar-refractivity contribution in [3.63, 3.8) is 0 Å². The van der Waals surface area contributed by atoms with Gasteiger partial charge in [-0.2, -0.15) is 0 Å². The number of amides is 1. The summed E-state index contributed by atoms with van der Waals surface area (Å²) in [5, 5.41) is 0. The lowest BCUT2D eigenvalue weighted by molar-refractivity contribution is -0.134. The summed E-state index contributed by atoms with van der Waals surface area (Å²) in [4.78, 5) is 19.0. The van der Waals surface area contributed by atoms with Gasteiger partial charge in [0.2, 0.25) is 0 Å². The van der Waals surface area contributed by atoms with E-state index in [1.165, 1.54) is 11.6 Å². The number of rotatable bonds is 6. The number of hydrogen-bond acceptors (Lipinski definition) is 3. The summed E-state index contributed by atoms with van der Waals surface area (Å²) in [6.45, 7) is 0.303. The summed E-state index contributed by atoms with van der Waals surface area (Å²) in [6.07, 6.45) is 4.35. The number of likely N-dealkylation sites (tertiary alicyclic amines) is 1. The molecule has 0 spiro atoms. The van der Waals surface area contributed by atoms with E-state index in [1.54, 1.807) is 4.90 Å². The SMILES string of the molecule is O=C(COc1ccc(F)cc1F)N1CCC[C@H]1c1ccc(Cc2ccccc2)cn1. The summed E-state index contributed by atoms with van der Waals surface area (Å²) in [6, 6.07) is 17.1. The zero-order valence-corrected chi connectivity index (χ0v) is 16.4. The number of halogens is 2. The van der Waals surface area contributed by atoms with E-state index in [-0.39, 0.29) is 24.3 Å². The van der Waals surface area contributed by atoms with E-state index in [9.17, 15) is 13.6 Å². The fourth-order valence-corrected chi connectivity index (χ4v) is 3.76. The van der Waals surface area contributed by atoms with Crippen LogP contribution in [0.1, 0.15) is 35.7 Å². The first-order valence-corrected chi connectivity index (χ1v) is 9.96. The highest BCUT2D eigenvalue weighted by molar-refractivity contribution is 5.78. The van der Waals surface area contributed by atoms with Crippen molar-refractivity contribution in [2.24, 2.45) is 0 Å². The topological polar surface area (TPSA) is 42.4 Å². The molecular formula is C24H22F2N2O2. The van der Waals surface area contributed by atoms with E-state index in [4.69, 9.17) is 4.74 Å². The fraction of sp³-hybridized carbons (Fsp3) is 0.250. The van der Waals surface area contributed by atoms with Crippen molar-refractivity contribution in [2.45, 2.75) is 25.3 Å². The third kappa shape index (κ3) is 4.64. The van der Waals surface area contributed by atoms with Crippen molar-refractivity contribution >= 4 is 5.91 Å². The minimum atomic E-state index is -0.823. The minimum absolute atomic E-state index is 0.120. The molecule has 2 heterocycles. The first-order valence-electron chi connectivity index (χ1n) is 9.96. The lowest BCUT2D eigenvalue weighted by Gasteiger charge is -2.24. The van der Waals surface area contributed by atoms with Crippen LogP contribution in [0.3, 0.4) is 0 Å². The van der Waals surface area contributed by atoms with Crippen molar-refractivity contribution in [1.29, 1.82) is 0 Å². The van der Waals surface area contributed by atoms with Crippen LogP contribution >= 0.6 is 0 Å². The Morgan fingerprint density at radius 1 is 1.07 bits per heavy atom. The first-order chi connectivity index (χ1) is 14.6. The number of hydrogen-bond donors (Lipinski definition) is 0. The van der Waals surface area contributed by atoms with Crippen molar-refractivity contribution in [1.82, 2.24) is 9.88 Å². The molecule has 6 heteroatoms. The summed E-state index contributed by atoms with van der Waals surface area (Å²) in [5.74, 6) is -1.88. The number of carbonyl (C=O) groups is 1. The molecule has 1 atom stereocenters. The predicted molar refractivity (Wildman–Crippen MR) is 109 cm³/mol. The number of nitrogens with zero attached hydrogens (tertiary/aromatic N) is 2. The normalized spacial score (nSPS) is 15.9. The van der Waals surface area contributed by atoms with E-state index < -0.39 is 11.6 Å². The second-order valence-electron chi connectivity index (χ2n) is 7.36. The van der Waals surface area contributed by atoms with Crippen LogP contribution in [0.4, 0.5) is 8.78 Å². The van der Waals surface area contributed by atoms with Crippen molar-refractivity contribution < 1.29 is 18.3 Å². The molecule has 0 saturated carbocycles. The van der Waals surface area contributed by atoms with Crippen LogP contribution in [0.25, 0.3) is 0 Å². The van der Waals surface area contributed by atoms with Crippen LogP contribution in [0.5, 0.6) is 5.75 Å². The molecule has 3 aromatic rings. The van der Waals surface area contributed by atoms with Gasteiger partial charge in [-0.3, -0.25) is 9.78 Å². The average molecular weight is 408 g/mol. The molecule has 1 aliphatic rings. The third-order valence-corrected chi connectivity index (χ3v) is 5.26. The molecule has 1 fully saturated rings. The van der Waals surface area contributed by atoms with Crippen LogP contribution in [-0.2, 0) is 11.2 Å². The molecule has 1 amide bonds. The Balaban J connectivity index is 1.39. The molecule has 4 rings (SSSR count). The molecule has 30 heavy (non-hydrogen) atoms. The highest BCUT2D eigenvalue weighted by Gasteiger charge is 2.31. The zero-order valence-electron chi connectivity index (χ0n) is 16.4. The quantitative estimate of drug-likeness (QED) is 0.594. The third-order valence-electron chi connectivity index (χ3n) is 5.26. The molecule has 0 bridgehead atoms. The van der Waals surface area contributed by atoms with Gasteiger partial charge in [-0.05, 0) is 48.6 Å². The van der Waals surface area contributed by atoms with Gasteiger partial charge in [0.15, 0.2) is 18.2 Å². The Morgan fingerprint density at radius 2 is 1.90 bits per heavy atom. The molecule has 2 aromatic carbocycles. The van der Waals surface area contributed by atoms with Gasteiger partial charge in [0, 0.05) is 18.8 Å². The summed E-state index contributed by atoms with van der Waals surface area (Å²) in [7, 11) is 0. The second kappa shape index (κ2) is 9.03. The molecule has 4 nitrogen and oxygen atoms in total. The maximum atomic E-state index is 13.7. The Kier molecular flexibility index (Phi) is 6.02. The Morgan fingerprint density at radius 3 is 2.63 bits per heavy atom. The molecule has 0 radical (unpaired) electrons. The molecular weight excluding hydrogens is 386 g/mol. The largest absolute Gasteiger partial charge is 0.481 e. The molecule has 1 aromatic heterocycles. The highest BCUT2D eigenvalue weighted by atomic mass is 19.1. The number of aromatic nitrogens is 1. The molecule has 1 aliphatic heterocycles. The standard InChI is InChI=1S/C24H22F2N2O2/c25-19-9-11-23(20(26)14-19)30-16-24(29)28-12-4-7-22(28)21-10-8-18(15-27-21)13-17-5-2-1-3-6-17/h1-3,5-6,8-11,14-15,22H,4,7,12-13,16H2/t22-/m0/s1. The molecule has 1 saturated heterocycles. The van der Waals surface area contributed by atoms with Gasteiger partial charge < -0.3 is 9.64 Å². The Bertz CT molecular complexity index is 1010. The van der Waals surface area contributed by atoms with Gasteiger partial charge >= 0.3 is 0 Å². The average Bonchev–Trinajstić information content (AvgIpc) is 3.24. The van der Waals surface area contributed by atoms with E-state index in [2.05, 4.69) is 17.1 Å². The summed E-state index contributed by atoms with van der Waals surface area (Å²) in [5.41, 5.74) is 3.16. The van der Waals surface area contributed by atoms with Crippen LogP contribution in [0.15, 0.2) is 66.9 Å². The van der Waals surface area contributed by atoms with Gasteiger partial charge in [0.1, 0.15) is 5.82 Å². The van der Waals surface area contributed by atoms with Crippen molar-refractivity contribution in [3.8, 4) is 5.75 Å². The van der Waals surface area contributed by atoms with Gasteiger partial charge in [-0.25, -0.2) is 8.78 Å². The first kappa shape index (κ1) is 20.0. The Hall–Kier alpha value is -3.28. The second-order valence-corrected chi connectivity index (χ2v) is 7.36. The predicted octanol–water partition coefficient (Wildman–Crippen LogP) is 4.69. The van der Waals surface area contributed by atoms with Gasteiger partial charge in [0.05, 0.1) is 11.7 Å². The van der Waals surface area contributed by atoms with Crippen LogP contribution < -0.4 is 4.74 Å². The molecule has 0 unspecified atom stereocenters. The van der Waals surface area contributed by atoms with Crippen LogP contribution in [0, 0.1) is 11.6 Å². The van der Waals surface area contributed by atoms with E-state index >= 15 is 0 Å². The monoisotopic (exact) mass is 408 g/mol. The summed E-state index contributed by atoms with van der Waals surface area (Å²) < 4.78 is 32.0. The number of carbonyl (C=O) groups excluding carboxylic acids is 1. The molecule has 0 N–H and O–H groups in total. The van der Waals surface area contributed by atoms with Gasteiger partial charge in [-0.15, -0.1) is 0 Å². The van der Waals surface area contributed by atoms with Crippen molar-refractivity contribution in [3.05, 3.63) is 95.3 Å². The maximum absolute atomic E-state index is 13.7. The van der Waals surface area contributed by atoms with E-state index in [1.807, 2.05) is 36.5 Å².